The van der Waals surface area contributed by atoms with E-state index in [1.807, 2.05) is 19.2 Å². The van der Waals surface area contributed by atoms with Gasteiger partial charge in [-0.25, -0.2) is 8.42 Å². The molecule has 0 bridgehead atoms. The molecule has 0 saturated heterocycles. The number of sulfone groups is 1. The molecule has 0 spiro atoms. The fraction of sp³-hybridized carbons (Fsp3) is 0.500. The van der Waals surface area contributed by atoms with E-state index in [1.165, 1.54) is 6.26 Å². The van der Waals surface area contributed by atoms with Crippen LogP contribution in [0.2, 0.25) is 0 Å². The van der Waals surface area contributed by atoms with Crippen molar-refractivity contribution in [2.45, 2.75) is 23.8 Å². The Morgan fingerprint density at radius 3 is 2.29 bits per heavy atom. The molecule has 4 nitrogen and oxygen atoms in total. The van der Waals surface area contributed by atoms with Gasteiger partial charge in [0.05, 0.1) is 4.90 Å². The zero-order valence-electron chi connectivity index (χ0n) is 10.2. The predicted molar refractivity (Wildman–Crippen MR) is 67.7 cm³/mol. The summed E-state index contributed by atoms with van der Waals surface area (Å²) in [5.41, 5.74) is 1.04. The molecule has 0 amide bonds. The van der Waals surface area contributed by atoms with Crippen LogP contribution in [0.4, 0.5) is 0 Å². The maximum absolute atomic E-state index is 11.3. The summed E-state index contributed by atoms with van der Waals surface area (Å²) in [7, 11) is -1.28. The number of hydrogen-bond acceptors (Lipinski definition) is 4. The van der Waals surface area contributed by atoms with Crippen LogP contribution in [0.3, 0.4) is 0 Å². The Morgan fingerprint density at radius 1 is 1.29 bits per heavy atom. The van der Waals surface area contributed by atoms with E-state index >= 15 is 0 Å². The molecular formula is C12H19NO3S. The molecule has 0 radical (unpaired) electrons. The number of benzene rings is 1. The van der Waals surface area contributed by atoms with Gasteiger partial charge in [-0.1, -0.05) is 12.1 Å². The summed E-state index contributed by atoms with van der Waals surface area (Å²) in [6, 6.07) is 7.02. The molecule has 1 aromatic carbocycles. The zero-order valence-corrected chi connectivity index (χ0v) is 11.0. The van der Waals surface area contributed by atoms with Gasteiger partial charge in [-0.3, -0.25) is 0 Å². The van der Waals surface area contributed by atoms with E-state index in [0.717, 1.165) is 18.4 Å². The molecular weight excluding hydrogens is 238 g/mol. The first-order valence-electron chi connectivity index (χ1n) is 5.57. The third-order valence-corrected chi connectivity index (χ3v) is 3.84. The third-order valence-electron chi connectivity index (χ3n) is 2.71. The summed E-state index contributed by atoms with van der Waals surface area (Å²) in [6.45, 7) is 0.166. The van der Waals surface area contributed by atoms with Gasteiger partial charge in [-0.15, -0.1) is 0 Å². The summed E-state index contributed by atoms with van der Waals surface area (Å²) in [5.74, 6) is 0. The minimum atomic E-state index is -3.13. The van der Waals surface area contributed by atoms with Gasteiger partial charge in [0.2, 0.25) is 0 Å². The summed E-state index contributed by atoms with van der Waals surface area (Å²) in [6.07, 6.45) is 2.74. The fourth-order valence-electron chi connectivity index (χ4n) is 1.72. The van der Waals surface area contributed by atoms with E-state index in [4.69, 9.17) is 5.11 Å². The molecule has 0 aliphatic carbocycles. The molecule has 5 heteroatoms. The van der Waals surface area contributed by atoms with Crippen LogP contribution in [0.15, 0.2) is 29.2 Å². The van der Waals surface area contributed by atoms with Crippen LogP contribution in [0, 0.1) is 0 Å². The van der Waals surface area contributed by atoms with Crippen molar-refractivity contribution < 1.29 is 13.5 Å². The van der Waals surface area contributed by atoms with Crippen molar-refractivity contribution >= 4 is 9.84 Å². The highest BCUT2D eigenvalue weighted by Crippen LogP contribution is 2.20. The lowest BCUT2D eigenvalue weighted by Crippen LogP contribution is -2.16. The second-order valence-electron chi connectivity index (χ2n) is 4.05. The van der Waals surface area contributed by atoms with Crippen molar-refractivity contribution in [2.24, 2.45) is 0 Å². The average molecular weight is 257 g/mol. The van der Waals surface area contributed by atoms with Gasteiger partial charge < -0.3 is 10.4 Å². The number of aliphatic hydroxyl groups excluding tert-OH is 1. The molecule has 17 heavy (non-hydrogen) atoms. The zero-order chi connectivity index (χ0) is 12.9. The van der Waals surface area contributed by atoms with E-state index in [1.54, 1.807) is 12.1 Å². The lowest BCUT2D eigenvalue weighted by Gasteiger charge is -2.16. The lowest BCUT2D eigenvalue weighted by molar-refractivity contribution is 0.276. The maximum atomic E-state index is 11.3. The van der Waals surface area contributed by atoms with Crippen LogP contribution >= 0.6 is 0 Å². The minimum Gasteiger partial charge on any atom is -0.396 e. The van der Waals surface area contributed by atoms with Gasteiger partial charge in [-0.05, 0) is 37.6 Å². The number of rotatable bonds is 6. The van der Waals surface area contributed by atoms with Gasteiger partial charge in [0.25, 0.3) is 0 Å². The van der Waals surface area contributed by atoms with E-state index in [2.05, 4.69) is 5.32 Å². The minimum absolute atomic E-state index is 0.149. The number of aliphatic hydroxyl groups is 1. The fourth-order valence-corrected chi connectivity index (χ4v) is 2.35. The van der Waals surface area contributed by atoms with Gasteiger partial charge in [0.15, 0.2) is 9.84 Å². The summed E-state index contributed by atoms with van der Waals surface area (Å²) < 4.78 is 22.6. The second-order valence-corrected chi connectivity index (χ2v) is 6.06. The highest BCUT2D eigenvalue weighted by Gasteiger charge is 2.11. The number of hydrogen-bond donors (Lipinski definition) is 2. The Bertz CT molecular complexity index is 439. The Labute approximate surface area is 103 Å². The van der Waals surface area contributed by atoms with E-state index in [0.29, 0.717) is 4.90 Å². The van der Waals surface area contributed by atoms with Crippen molar-refractivity contribution in [2.75, 3.05) is 19.9 Å². The SMILES string of the molecule is CNC(CCCO)c1ccc(S(C)(=O)=O)cc1. The molecule has 0 fully saturated rings. The Kier molecular flexibility index (Phi) is 5.11. The normalized spacial score (nSPS) is 13.6. The second kappa shape index (κ2) is 6.14. The van der Waals surface area contributed by atoms with Crippen molar-refractivity contribution in [3.63, 3.8) is 0 Å². The van der Waals surface area contributed by atoms with Gasteiger partial charge in [0, 0.05) is 18.9 Å². The van der Waals surface area contributed by atoms with E-state index in [-0.39, 0.29) is 12.6 Å². The van der Waals surface area contributed by atoms with Crippen LogP contribution < -0.4 is 5.32 Å². The smallest absolute Gasteiger partial charge is 0.175 e. The highest BCUT2D eigenvalue weighted by atomic mass is 32.2. The van der Waals surface area contributed by atoms with Crippen molar-refractivity contribution in [3.05, 3.63) is 29.8 Å². The van der Waals surface area contributed by atoms with E-state index in [9.17, 15) is 8.42 Å². The quantitative estimate of drug-likeness (QED) is 0.801. The summed E-state index contributed by atoms with van der Waals surface area (Å²) in [5, 5.41) is 12.0. The van der Waals surface area contributed by atoms with Crippen molar-refractivity contribution in [3.8, 4) is 0 Å². The molecule has 0 heterocycles. The van der Waals surface area contributed by atoms with Crippen molar-refractivity contribution in [1.82, 2.24) is 5.32 Å². The van der Waals surface area contributed by atoms with Gasteiger partial charge in [0.1, 0.15) is 0 Å². The van der Waals surface area contributed by atoms with Crippen LogP contribution in [-0.2, 0) is 9.84 Å². The summed E-state index contributed by atoms with van der Waals surface area (Å²) in [4.78, 5) is 0.332. The van der Waals surface area contributed by atoms with Crippen LogP contribution in [0.25, 0.3) is 0 Å². The molecule has 0 aliphatic heterocycles. The molecule has 96 valence electrons. The first kappa shape index (κ1) is 14.2. The molecule has 1 rings (SSSR count). The largest absolute Gasteiger partial charge is 0.396 e. The maximum Gasteiger partial charge on any atom is 0.175 e. The third kappa shape index (κ3) is 4.11. The topological polar surface area (TPSA) is 66.4 Å². The van der Waals surface area contributed by atoms with Crippen LogP contribution in [-0.4, -0.2) is 33.4 Å². The monoisotopic (exact) mass is 257 g/mol. The first-order valence-corrected chi connectivity index (χ1v) is 7.46. The Balaban J connectivity index is 2.85. The summed E-state index contributed by atoms with van der Waals surface area (Å²) >= 11 is 0. The van der Waals surface area contributed by atoms with Crippen LogP contribution in [0.5, 0.6) is 0 Å². The Morgan fingerprint density at radius 2 is 1.88 bits per heavy atom. The van der Waals surface area contributed by atoms with Crippen molar-refractivity contribution in [1.29, 1.82) is 0 Å². The van der Waals surface area contributed by atoms with Gasteiger partial charge >= 0.3 is 0 Å². The average Bonchev–Trinajstić information content (AvgIpc) is 2.29. The molecule has 1 aromatic rings. The molecule has 1 atom stereocenters. The van der Waals surface area contributed by atoms with E-state index < -0.39 is 9.84 Å². The molecule has 2 N–H and O–H groups in total. The Hall–Kier alpha value is -0.910. The standard InChI is InChI=1S/C12H19NO3S/c1-13-12(4-3-9-14)10-5-7-11(8-6-10)17(2,15)16/h5-8,12-14H,3-4,9H2,1-2H3. The highest BCUT2D eigenvalue weighted by molar-refractivity contribution is 7.90. The predicted octanol–water partition coefficient (Wildman–Crippen LogP) is 1.12. The van der Waals surface area contributed by atoms with Gasteiger partial charge in [-0.2, -0.15) is 0 Å². The molecule has 0 saturated carbocycles. The first-order chi connectivity index (χ1) is 7.99. The lowest BCUT2D eigenvalue weighted by atomic mass is 10.0. The van der Waals surface area contributed by atoms with Crippen LogP contribution in [0.1, 0.15) is 24.4 Å². The number of nitrogens with one attached hydrogen (secondary N) is 1. The molecule has 0 aliphatic rings. The molecule has 1 unspecified atom stereocenters. The molecule has 0 aromatic heterocycles.